The molecule has 2 saturated heterocycles. The SMILES string of the molecule is CN(C)C(=O)[C@@H](NC(=O)CNC(=O)C(=O)[C@@H]1CCCCC=CCCCC[C@H](NC(=O)OCc2ccccc2)C(=O)N2CC3OC(C)(C)C[C@@H]3[C@H]2C(=O)N1)c1ccccc1. The highest BCUT2D eigenvalue weighted by Gasteiger charge is 2.56. The Kier molecular flexibility index (Phi) is 15.8. The maximum Gasteiger partial charge on any atom is 0.408 e. The number of allylic oxidation sites excluding steroid dienone is 2. The second-order valence-electron chi connectivity index (χ2n) is 16.3. The monoisotopic (exact) mass is 814 g/mol. The Balaban J connectivity index is 1.32. The molecule has 3 aliphatic heterocycles. The molecule has 0 saturated carbocycles. The lowest BCUT2D eigenvalue weighted by molar-refractivity contribution is -0.144. The molecule has 2 aromatic rings. The first-order chi connectivity index (χ1) is 28.2. The van der Waals surface area contributed by atoms with Crippen molar-refractivity contribution in [3.05, 3.63) is 83.9 Å². The number of rotatable bonds is 10. The fourth-order valence-corrected chi connectivity index (χ4v) is 7.99. The van der Waals surface area contributed by atoms with Crippen molar-refractivity contribution in [1.29, 1.82) is 0 Å². The number of hydrogen-bond donors (Lipinski definition) is 4. The van der Waals surface area contributed by atoms with Gasteiger partial charge < -0.3 is 40.5 Å². The van der Waals surface area contributed by atoms with E-state index in [-0.39, 0.29) is 25.5 Å². The number of Topliss-reactive ketones (excluding diaryl/α,β-unsaturated/α-hetero) is 1. The van der Waals surface area contributed by atoms with E-state index in [1.165, 1.54) is 9.80 Å². The second-order valence-corrected chi connectivity index (χ2v) is 16.3. The quantitative estimate of drug-likeness (QED) is 0.205. The largest absolute Gasteiger partial charge is 0.445 e. The molecule has 6 amide bonds. The molecule has 0 radical (unpaired) electrons. The number of hydrogen-bond acceptors (Lipinski definition) is 9. The van der Waals surface area contributed by atoms with Crippen molar-refractivity contribution >= 4 is 41.4 Å². The average Bonchev–Trinajstić information content (AvgIpc) is 3.71. The van der Waals surface area contributed by atoms with Crippen LogP contribution in [0.5, 0.6) is 0 Å². The third kappa shape index (κ3) is 12.5. The van der Waals surface area contributed by atoms with Crippen LogP contribution in [0.4, 0.5) is 4.79 Å². The average molecular weight is 815 g/mol. The third-order valence-electron chi connectivity index (χ3n) is 10.9. The van der Waals surface area contributed by atoms with Crippen LogP contribution in [0, 0.1) is 5.92 Å². The van der Waals surface area contributed by atoms with E-state index in [0.717, 1.165) is 24.8 Å². The summed E-state index contributed by atoms with van der Waals surface area (Å²) in [4.78, 5) is 97.9. The van der Waals surface area contributed by atoms with Gasteiger partial charge in [-0.3, -0.25) is 28.8 Å². The number of likely N-dealkylation sites (N-methyl/N-ethyl adjacent to an activating group) is 1. The molecule has 4 N–H and O–H groups in total. The molecular weight excluding hydrogens is 757 g/mol. The fourth-order valence-electron chi connectivity index (χ4n) is 7.99. The van der Waals surface area contributed by atoms with Crippen molar-refractivity contribution in [3.8, 4) is 0 Å². The molecule has 5 rings (SSSR count). The highest BCUT2D eigenvalue weighted by Crippen LogP contribution is 2.43. The van der Waals surface area contributed by atoms with Crippen molar-refractivity contribution < 1.29 is 43.0 Å². The number of carbonyl (C=O) groups excluding carboxylic acids is 7. The second kappa shape index (κ2) is 20.9. The highest BCUT2D eigenvalue weighted by molar-refractivity contribution is 6.38. The summed E-state index contributed by atoms with van der Waals surface area (Å²) in [5.74, 6) is -4.59. The van der Waals surface area contributed by atoms with Gasteiger partial charge in [0.2, 0.25) is 29.4 Å². The van der Waals surface area contributed by atoms with Crippen molar-refractivity contribution in [2.75, 3.05) is 27.2 Å². The minimum atomic E-state index is -1.26. The summed E-state index contributed by atoms with van der Waals surface area (Å²) in [6.07, 6.45) is 7.86. The number of nitrogens with zero attached hydrogens (tertiary/aromatic N) is 2. The molecule has 2 aromatic carbocycles. The van der Waals surface area contributed by atoms with Gasteiger partial charge in [-0.1, -0.05) is 85.7 Å². The molecule has 0 spiro atoms. The highest BCUT2D eigenvalue weighted by atomic mass is 16.5. The lowest BCUT2D eigenvalue weighted by Crippen LogP contribution is -2.58. The minimum absolute atomic E-state index is 0.0121. The van der Waals surface area contributed by atoms with Gasteiger partial charge in [-0.2, -0.15) is 0 Å². The predicted molar refractivity (Wildman–Crippen MR) is 218 cm³/mol. The number of amides is 6. The number of carbonyl (C=O) groups is 7. The van der Waals surface area contributed by atoms with Gasteiger partial charge in [0.15, 0.2) is 0 Å². The lowest BCUT2D eigenvalue weighted by Gasteiger charge is -2.32. The van der Waals surface area contributed by atoms with Crippen LogP contribution in [-0.4, -0.2) is 108 Å². The van der Waals surface area contributed by atoms with Crippen molar-refractivity contribution in [2.45, 2.75) is 114 Å². The first-order valence-electron chi connectivity index (χ1n) is 20.5. The van der Waals surface area contributed by atoms with Gasteiger partial charge in [-0.15, -0.1) is 0 Å². The Morgan fingerprint density at radius 2 is 1.56 bits per heavy atom. The summed E-state index contributed by atoms with van der Waals surface area (Å²) in [6.45, 7) is 3.35. The first-order valence-corrected chi connectivity index (χ1v) is 20.5. The maximum absolute atomic E-state index is 14.5. The smallest absolute Gasteiger partial charge is 0.408 e. The molecule has 0 bridgehead atoms. The van der Waals surface area contributed by atoms with Gasteiger partial charge in [0.1, 0.15) is 24.7 Å². The van der Waals surface area contributed by atoms with Gasteiger partial charge in [-0.05, 0) is 69.9 Å². The third-order valence-corrected chi connectivity index (χ3v) is 10.9. The molecule has 0 aromatic heterocycles. The molecule has 15 nitrogen and oxygen atoms in total. The van der Waals surface area contributed by atoms with Crippen molar-refractivity contribution in [1.82, 2.24) is 31.1 Å². The van der Waals surface area contributed by atoms with E-state index in [4.69, 9.17) is 9.47 Å². The normalized spacial score (nSPS) is 24.0. The van der Waals surface area contributed by atoms with Crippen LogP contribution in [-0.2, 0) is 44.8 Å². The Bertz CT molecular complexity index is 1840. The van der Waals surface area contributed by atoms with Crippen LogP contribution in [0.25, 0.3) is 0 Å². The summed E-state index contributed by atoms with van der Waals surface area (Å²) in [5.41, 5.74) is 0.757. The molecule has 1 unspecified atom stereocenters. The summed E-state index contributed by atoms with van der Waals surface area (Å²) in [5, 5.41) is 10.6. The molecule has 6 atom stereocenters. The number of fused-ring (bicyclic) bond motifs is 3. The van der Waals surface area contributed by atoms with Gasteiger partial charge in [-0.25, -0.2) is 4.79 Å². The van der Waals surface area contributed by atoms with Crippen LogP contribution in [0.3, 0.4) is 0 Å². The summed E-state index contributed by atoms with van der Waals surface area (Å²) >= 11 is 0. The van der Waals surface area contributed by atoms with Gasteiger partial charge in [0, 0.05) is 26.6 Å². The summed E-state index contributed by atoms with van der Waals surface area (Å²) < 4.78 is 11.8. The van der Waals surface area contributed by atoms with Crippen LogP contribution in [0.1, 0.15) is 88.8 Å². The van der Waals surface area contributed by atoms with Crippen molar-refractivity contribution in [3.63, 3.8) is 0 Å². The number of ether oxygens (including phenoxy) is 2. The number of ketones is 1. The molecule has 3 aliphatic rings. The number of nitrogens with one attached hydrogen (secondary N) is 4. The molecule has 59 heavy (non-hydrogen) atoms. The van der Waals surface area contributed by atoms with E-state index < -0.39 is 83.8 Å². The number of benzene rings is 2. The van der Waals surface area contributed by atoms with Gasteiger partial charge >= 0.3 is 6.09 Å². The van der Waals surface area contributed by atoms with Crippen LogP contribution in [0.15, 0.2) is 72.8 Å². The molecular formula is C44H58N6O9. The van der Waals surface area contributed by atoms with Crippen LogP contribution >= 0.6 is 0 Å². The van der Waals surface area contributed by atoms with E-state index in [1.807, 2.05) is 50.3 Å². The summed E-state index contributed by atoms with van der Waals surface area (Å²) in [6, 6.07) is 13.5. The Labute approximate surface area is 346 Å². The zero-order valence-corrected chi connectivity index (χ0v) is 34.4. The first kappa shape index (κ1) is 44.5. The zero-order valence-electron chi connectivity index (χ0n) is 34.4. The fraction of sp³-hybridized carbons (Fsp3) is 0.523. The van der Waals surface area contributed by atoms with Gasteiger partial charge in [0.05, 0.1) is 24.3 Å². The Morgan fingerprint density at radius 1 is 0.915 bits per heavy atom. The maximum atomic E-state index is 14.5. The molecule has 3 heterocycles. The number of alkyl carbamates (subject to hydrolysis) is 1. The topological polar surface area (TPSA) is 193 Å². The van der Waals surface area contributed by atoms with E-state index in [9.17, 15) is 33.6 Å². The van der Waals surface area contributed by atoms with Crippen molar-refractivity contribution in [2.24, 2.45) is 5.92 Å². The van der Waals surface area contributed by atoms with Gasteiger partial charge in [0.25, 0.3) is 5.91 Å². The minimum Gasteiger partial charge on any atom is -0.445 e. The summed E-state index contributed by atoms with van der Waals surface area (Å²) in [7, 11) is 3.12. The standard InChI is InChI=1S/C44H58N6O9/c1-44(2)25-31-34(59-44)27-50-37(31)39(53)46-32(38(52)40(54)45-26-35(51)48-36(42(56)49(3)4)30-21-15-12-16-22-30)23-17-9-7-5-6-8-10-18-24-33(41(50)55)47-43(57)58-28-29-19-13-11-14-20-29/h5-6,11-16,19-22,31-34,36-37H,7-10,17-18,23-28H2,1-4H3,(H,45,54)(H,46,53)(H,47,57)(H,48,51)/t31-,32-,33-,34?,36-,37-/m0/s1. The molecule has 15 heteroatoms. The molecule has 318 valence electrons. The predicted octanol–water partition coefficient (Wildman–Crippen LogP) is 3.48. The van der Waals surface area contributed by atoms with E-state index in [0.29, 0.717) is 37.7 Å². The zero-order chi connectivity index (χ0) is 42.5. The van der Waals surface area contributed by atoms with Crippen LogP contribution < -0.4 is 21.3 Å². The van der Waals surface area contributed by atoms with E-state index in [2.05, 4.69) is 27.3 Å². The Hall–Kier alpha value is -5.57. The molecule has 0 aliphatic carbocycles. The van der Waals surface area contributed by atoms with Crippen LogP contribution in [0.2, 0.25) is 0 Å². The Morgan fingerprint density at radius 3 is 2.22 bits per heavy atom. The molecule has 2 fully saturated rings. The van der Waals surface area contributed by atoms with E-state index >= 15 is 0 Å². The van der Waals surface area contributed by atoms with E-state index in [1.54, 1.807) is 44.4 Å². The lowest BCUT2D eigenvalue weighted by atomic mass is 9.89.